The second kappa shape index (κ2) is 10.9. The number of aryl methyl sites for hydroxylation is 2. The number of hydrogen-bond acceptors (Lipinski definition) is 4. The van der Waals surface area contributed by atoms with Crippen LogP contribution in [0.1, 0.15) is 43.6 Å². The molecule has 0 radical (unpaired) electrons. The van der Waals surface area contributed by atoms with Crippen molar-refractivity contribution < 1.29 is 9.59 Å². The average molecular weight is 412 g/mol. The van der Waals surface area contributed by atoms with Crippen LogP contribution in [0.4, 0.5) is 0 Å². The van der Waals surface area contributed by atoms with E-state index in [1.54, 1.807) is 17.3 Å². The molecule has 30 heavy (non-hydrogen) atoms. The summed E-state index contributed by atoms with van der Waals surface area (Å²) in [5.41, 5.74) is 1.00. The maximum atomic E-state index is 12.6. The summed E-state index contributed by atoms with van der Waals surface area (Å²) < 4.78 is 2.01. The van der Waals surface area contributed by atoms with Gasteiger partial charge in [-0.05, 0) is 44.2 Å². The van der Waals surface area contributed by atoms with Crippen LogP contribution in [0, 0.1) is 12.8 Å². The third-order valence-electron chi connectivity index (χ3n) is 5.98. The summed E-state index contributed by atoms with van der Waals surface area (Å²) in [6, 6.07) is 5.85. The molecule has 7 heteroatoms. The highest BCUT2D eigenvalue weighted by Gasteiger charge is 2.24. The lowest BCUT2D eigenvalue weighted by molar-refractivity contribution is -0.133. The smallest absolute Gasteiger partial charge is 0.224 e. The first-order valence-electron chi connectivity index (χ1n) is 10.9. The summed E-state index contributed by atoms with van der Waals surface area (Å²) in [5.74, 6) is 1.72. The molecule has 2 aromatic rings. The second-order valence-corrected chi connectivity index (χ2v) is 8.19. The van der Waals surface area contributed by atoms with Crippen molar-refractivity contribution in [1.82, 2.24) is 24.3 Å². The zero-order valence-corrected chi connectivity index (χ0v) is 18.2. The number of carbonyl (C=O) groups is 2. The molecule has 3 rings (SSSR count). The van der Waals surface area contributed by atoms with E-state index < -0.39 is 0 Å². The predicted molar refractivity (Wildman–Crippen MR) is 116 cm³/mol. The monoisotopic (exact) mass is 411 g/mol. The Morgan fingerprint density at radius 2 is 2.07 bits per heavy atom. The minimum absolute atomic E-state index is 0.171. The number of carbonyl (C=O) groups excluding carboxylic acids is 2. The van der Waals surface area contributed by atoms with Gasteiger partial charge in [0.05, 0.1) is 0 Å². The summed E-state index contributed by atoms with van der Waals surface area (Å²) in [5, 5.41) is 0. The van der Waals surface area contributed by atoms with E-state index in [-0.39, 0.29) is 11.8 Å². The fraction of sp³-hybridized carbons (Fsp3) is 0.565. The second-order valence-electron chi connectivity index (χ2n) is 8.19. The predicted octanol–water partition coefficient (Wildman–Crippen LogP) is 2.70. The quantitative estimate of drug-likeness (QED) is 0.636. The number of aromatic nitrogens is 3. The lowest BCUT2D eigenvalue weighted by atomic mass is 9.93. The topological polar surface area (TPSA) is 71.3 Å². The molecule has 0 saturated carbocycles. The van der Waals surface area contributed by atoms with Gasteiger partial charge in [0, 0.05) is 76.8 Å². The van der Waals surface area contributed by atoms with Crippen LogP contribution in [-0.4, -0.2) is 62.8 Å². The van der Waals surface area contributed by atoms with Gasteiger partial charge in [-0.1, -0.05) is 6.07 Å². The molecule has 0 unspecified atom stereocenters. The molecule has 0 aliphatic carbocycles. The summed E-state index contributed by atoms with van der Waals surface area (Å²) in [6.07, 6.45) is 10.2. The van der Waals surface area contributed by atoms with Gasteiger partial charge in [0.15, 0.2) is 0 Å². The first kappa shape index (κ1) is 22.0. The van der Waals surface area contributed by atoms with Crippen molar-refractivity contribution in [2.24, 2.45) is 5.92 Å². The van der Waals surface area contributed by atoms with Crippen LogP contribution in [0.3, 0.4) is 0 Å². The molecule has 7 nitrogen and oxygen atoms in total. The molecule has 0 N–H and O–H groups in total. The van der Waals surface area contributed by atoms with Gasteiger partial charge in [-0.25, -0.2) is 4.98 Å². The third kappa shape index (κ3) is 6.40. The normalized spacial score (nSPS) is 16.5. The molecule has 2 amide bonds. The van der Waals surface area contributed by atoms with Crippen molar-refractivity contribution in [1.29, 1.82) is 0 Å². The zero-order valence-electron chi connectivity index (χ0n) is 18.2. The lowest BCUT2D eigenvalue weighted by Crippen LogP contribution is -2.40. The number of pyridine rings is 1. The Hall–Kier alpha value is -2.70. The van der Waals surface area contributed by atoms with Crippen molar-refractivity contribution in [2.45, 2.75) is 52.0 Å². The van der Waals surface area contributed by atoms with Gasteiger partial charge in [-0.3, -0.25) is 14.6 Å². The molecule has 0 aromatic carbocycles. The van der Waals surface area contributed by atoms with Gasteiger partial charge < -0.3 is 14.4 Å². The summed E-state index contributed by atoms with van der Waals surface area (Å²) in [7, 11) is 1.86. The van der Waals surface area contributed by atoms with Crippen LogP contribution in [0.2, 0.25) is 0 Å². The Morgan fingerprint density at radius 1 is 1.20 bits per heavy atom. The number of imidazole rings is 1. The minimum atomic E-state index is 0.171. The highest BCUT2D eigenvalue weighted by Crippen LogP contribution is 2.22. The van der Waals surface area contributed by atoms with Crippen molar-refractivity contribution in [3.63, 3.8) is 0 Å². The molecule has 0 spiro atoms. The maximum Gasteiger partial charge on any atom is 0.224 e. The Bertz CT molecular complexity index is 820. The third-order valence-corrected chi connectivity index (χ3v) is 5.98. The Labute approximate surface area is 179 Å². The van der Waals surface area contributed by atoms with Crippen LogP contribution in [0.5, 0.6) is 0 Å². The number of hydrogen-bond donors (Lipinski definition) is 0. The highest BCUT2D eigenvalue weighted by atomic mass is 16.2. The van der Waals surface area contributed by atoms with Crippen molar-refractivity contribution in [2.75, 3.05) is 26.7 Å². The molecular formula is C23H33N5O2. The van der Waals surface area contributed by atoms with E-state index in [0.717, 1.165) is 50.3 Å². The van der Waals surface area contributed by atoms with E-state index >= 15 is 0 Å². The molecule has 2 aromatic heterocycles. The SMILES string of the molecule is Cc1nccn1CCC(=O)N1CCC[C@@H](CCC(=O)N(C)CCc2ccccn2)C1. The zero-order chi connectivity index (χ0) is 21.3. The van der Waals surface area contributed by atoms with Crippen LogP contribution in [-0.2, 0) is 22.6 Å². The average Bonchev–Trinajstić information content (AvgIpc) is 3.19. The number of piperidine rings is 1. The fourth-order valence-electron chi connectivity index (χ4n) is 4.01. The van der Waals surface area contributed by atoms with Crippen molar-refractivity contribution in [3.05, 3.63) is 48.3 Å². The van der Waals surface area contributed by atoms with Gasteiger partial charge in [0.2, 0.25) is 11.8 Å². The van der Waals surface area contributed by atoms with E-state index in [2.05, 4.69) is 9.97 Å². The largest absolute Gasteiger partial charge is 0.345 e. The number of likely N-dealkylation sites (N-methyl/N-ethyl adjacent to an activating group) is 1. The van der Waals surface area contributed by atoms with Gasteiger partial charge in [0.1, 0.15) is 5.82 Å². The lowest BCUT2D eigenvalue weighted by Gasteiger charge is -2.33. The first-order valence-corrected chi connectivity index (χ1v) is 10.9. The molecule has 1 atom stereocenters. The summed E-state index contributed by atoms with van der Waals surface area (Å²) in [4.78, 5) is 37.4. The Kier molecular flexibility index (Phi) is 7.99. The van der Waals surface area contributed by atoms with Crippen LogP contribution in [0.25, 0.3) is 0 Å². The van der Waals surface area contributed by atoms with E-state index in [1.165, 1.54) is 0 Å². The van der Waals surface area contributed by atoms with E-state index in [9.17, 15) is 9.59 Å². The van der Waals surface area contributed by atoms with E-state index in [4.69, 9.17) is 0 Å². The molecule has 3 heterocycles. The molecular weight excluding hydrogens is 378 g/mol. The fourth-order valence-corrected chi connectivity index (χ4v) is 4.01. The first-order chi connectivity index (χ1) is 14.5. The Morgan fingerprint density at radius 3 is 2.80 bits per heavy atom. The van der Waals surface area contributed by atoms with E-state index in [0.29, 0.717) is 31.8 Å². The molecule has 1 aliphatic heterocycles. The number of rotatable bonds is 9. The minimum Gasteiger partial charge on any atom is -0.345 e. The van der Waals surface area contributed by atoms with Crippen LogP contribution < -0.4 is 0 Å². The van der Waals surface area contributed by atoms with Gasteiger partial charge in [0.25, 0.3) is 0 Å². The van der Waals surface area contributed by atoms with Crippen molar-refractivity contribution >= 4 is 11.8 Å². The summed E-state index contributed by atoms with van der Waals surface area (Å²) in [6.45, 7) is 4.90. The molecule has 162 valence electrons. The molecule has 1 fully saturated rings. The van der Waals surface area contributed by atoms with Crippen LogP contribution in [0.15, 0.2) is 36.8 Å². The number of amides is 2. The molecule has 1 aliphatic rings. The molecule has 0 bridgehead atoms. The van der Waals surface area contributed by atoms with Gasteiger partial charge in [-0.15, -0.1) is 0 Å². The molecule has 1 saturated heterocycles. The van der Waals surface area contributed by atoms with E-state index in [1.807, 2.05) is 47.8 Å². The Balaban J connectivity index is 1.38. The van der Waals surface area contributed by atoms with Gasteiger partial charge >= 0.3 is 0 Å². The standard InChI is InChI=1S/C23H33N5O2/c1-19-24-13-17-27(19)16-11-23(30)28-14-5-6-20(18-28)8-9-22(29)26(2)15-10-21-7-3-4-12-25-21/h3-4,7,12-13,17,20H,5-6,8-11,14-16,18H2,1-2H3/t20-/m0/s1. The van der Waals surface area contributed by atoms with Crippen molar-refractivity contribution in [3.8, 4) is 0 Å². The number of nitrogens with zero attached hydrogens (tertiary/aromatic N) is 5. The summed E-state index contributed by atoms with van der Waals surface area (Å²) >= 11 is 0. The van der Waals surface area contributed by atoms with Gasteiger partial charge in [-0.2, -0.15) is 0 Å². The van der Waals surface area contributed by atoms with Crippen LogP contribution >= 0.6 is 0 Å². The highest BCUT2D eigenvalue weighted by molar-refractivity contribution is 5.76. The number of likely N-dealkylation sites (tertiary alicyclic amines) is 1. The maximum absolute atomic E-state index is 12.6.